The van der Waals surface area contributed by atoms with Crippen molar-refractivity contribution < 1.29 is 5.11 Å². The zero-order valence-electron chi connectivity index (χ0n) is 11.1. The van der Waals surface area contributed by atoms with E-state index in [-0.39, 0.29) is 0 Å². The summed E-state index contributed by atoms with van der Waals surface area (Å²) in [7, 11) is 0. The molecular formula is C18H16O. The van der Waals surface area contributed by atoms with Crippen LogP contribution in [0.15, 0.2) is 54.6 Å². The Hall–Kier alpha value is -2.28. The second-order valence-corrected chi connectivity index (χ2v) is 4.93. The summed E-state index contributed by atoms with van der Waals surface area (Å²) in [5.74, 6) is 0.367. The van der Waals surface area contributed by atoms with Crippen molar-refractivity contribution in [2.24, 2.45) is 0 Å². The van der Waals surface area contributed by atoms with Gasteiger partial charge >= 0.3 is 0 Å². The zero-order valence-corrected chi connectivity index (χ0v) is 11.1. The molecular weight excluding hydrogens is 232 g/mol. The maximum Gasteiger partial charge on any atom is 0.131 e. The van der Waals surface area contributed by atoms with Gasteiger partial charge in [-0.25, -0.2) is 0 Å². The smallest absolute Gasteiger partial charge is 0.131 e. The van der Waals surface area contributed by atoms with Crippen LogP contribution >= 0.6 is 0 Å². The zero-order chi connectivity index (χ0) is 13.4. The Kier molecular flexibility index (Phi) is 2.75. The van der Waals surface area contributed by atoms with Crippen LogP contribution in [0.25, 0.3) is 21.9 Å². The van der Waals surface area contributed by atoms with Crippen LogP contribution in [-0.2, 0) is 0 Å². The molecule has 1 N–H and O–H groups in total. The van der Waals surface area contributed by atoms with E-state index in [1.165, 1.54) is 11.1 Å². The Labute approximate surface area is 113 Å². The highest BCUT2D eigenvalue weighted by Gasteiger charge is 2.10. The van der Waals surface area contributed by atoms with Gasteiger partial charge in [0.15, 0.2) is 0 Å². The molecule has 3 rings (SSSR count). The van der Waals surface area contributed by atoms with E-state index in [9.17, 15) is 5.11 Å². The van der Waals surface area contributed by atoms with E-state index >= 15 is 0 Å². The topological polar surface area (TPSA) is 20.2 Å². The van der Waals surface area contributed by atoms with Crippen molar-refractivity contribution in [3.05, 3.63) is 65.7 Å². The fraction of sp³-hybridized carbons (Fsp3) is 0.111. The van der Waals surface area contributed by atoms with Gasteiger partial charge in [0.25, 0.3) is 0 Å². The first-order chi connectivity index (χ1) is 9.18. The van der Waals surface area contributed by atoms with Crippen LogP contribution in [-0.4, -0.2) is 5.11 Å². The van der Waals surface area contributed by atoms with E-state index in [1.807, 2.05) is 36.4 Å². The van der Waals surface area contributed by atoms with Gasteiger partial charge in [-0.1, -0.05) is 54.6 Å². The number of benzene rings is 3. The first-order valence-corrected chi connectivity index (χ1v) is 6.46. The number of phenolic OH excluding ortho intramolecular Hbond substituents is 1. The lowest BCUT2D eigenvalue weighted by Gasteiger charge is -2.12. The highest BCUT2D eigenvalue weighted by atomic mass is 16.3. The number of phenols is 1. The van der Waals surface area contributed by atoms with E-state index in [0.29, 0.717) is 5.75 Å². The summed E-state index contributed by atoms with van der Waals surface area (Å²) in [4.78, 5) is 0. The fourth-order valence-electron chi connectivity index (χ4n) is 2.52. The molecule has 0 unspecified atom stereocenters. The molecule has 0 atom stereocenters. The SMILES string of the molecule is Cc1cccc(-c2ccc3ccccc3c2O)c1C. The van der Waals surface area contributed by atoms with Crippen molar-refractivity contribution in [3.8, 4) is 16.9 Å². The van der Waals surface area contributed by atoms with Gasteiger partial charge in [0, 0.05) is 10.9 Å². The van der Waals surface area contributed by atoms with E-state index in [2.05, 4.69) is 32.0 Å². The number of hydrogen-bond donors (Lipinski definition) is 1. The number of aromatic hydroxyl groups is 1. The van der Waals surface area contributed by atoms with Crippen LogP contribution in [0, 0.1) is 13.8 Å². The van der Waals surface area contributed by atoms with Crippen molar-refractivity contribution in [2.45, 2.75) is 13.8 Å². The maximum atomic E-state index is 10.5. The molecule has 3 aromatic carbocycles. The van der Waals surface area contributed by atoms with Crippen LogP contribution < -0.4 is 0 Å². The third-order valence-electron chi connectivity index (χ3n) is 3.80. The first-order valence-electron chi connectivity index (χ1n) is 6.46. The molecule has 3 aromatic rings. The Morgan fingerprint density at radius 3 is 2.37 bits per heavy atom. The average molecular weight is 248 g/mol. The third kappa shape index (κ3) is 1.88. The van der Waals surface area contributed by atoms with Crippen LogP contribution in [0.5, 0.6) is 5.75 Å². The second-order valence-electron chi connectivity index (χ2n) is 4.93. The average Bonchev–Trinajstić information content (AvgIpc) is 2.43. The monoisotopic (exact) mass is 248 g/mol. The van der Waals surface area contributed by atoms with Gasteiger partial charge in [0.1, 0.15) is 5.75 Å². The van der Waals surface area contributed by atoms with Crippen LogP contribution in [0.3, 0.4) is 0 Å². The molecule has 94 valence electrons. The van der Waals surface area contributed by atoms with Crippen LogP contribution in [0.4, 0.5) is 0 Å². The molecule has 19 heavy (non-hydrogen) atoms. The molecule has 0 saturated heterocycles. The Morgan fingerprint density at radius 2 is 1.53 bits per heavy atom. The largest absolute Gasteiger partial charge is 0.507 e. The van der Waals surface area contributed by atoms with E-state index in [4.69, 9.17) is 0 Å². The van der Waals surface area contributed by atoms with E-state index < -0.39 is 0 Å². The Morgan fingerprint density at radius 1 is 0.737 bits per heavy atom. The van der Waals surface area contributed by atoms with E-state index in [1.54, 1.807) is 0 Å². The summed E-state index contributed by atoms with van der Waals surface area (Å²) in [6.07, 6.45) is 0. The minimum absolute atomic E-state index is 0.367. The van der Waals surface area contributed by atoms with Crippen molar-refractivity contribution in [3.63, 3.8) is 0 Å². The van der Waals surface area contributed by atoms with Gasteiger partial charge in [0.05, 0.1) is 0 Å². The lowest BCUT2D eigenvalue weighted by atomic mass is 9.94. The molecule has 0 heterocycles. The number of hydrogen-bond acceptors (Lipinski definition) is 1. The standard InChI is InChI=1S/C18H16O/c1-12-6-5-9-15(13(12)2)17-11-10-14-7-3-4-8-16(14)18(17)19/h3-11,19H,1-2H3. The van der Waals surface area contributed by atoms with Gasteiger partial charge in [0.2, 0.25) is 0 Å². The summed E-state index contributed by atoms with van der Waals surface area (Å²) in [6, 6.07) is 18.2. The van der Waals surface area contributed by atoms with Crippen LogP contribution in [0.2, 0.25) is 0 Å². The number of rotatable bonds is 1. The van der Waals surface area contributed by atoms with Crippen molar-refractivity contribution in [2.75, 3.05) is 0 Å². The molecule has 0 bridgehead atoms. The third-order valence-corrected chi connectivity index (χ3v) is 3.80. The van der Waals surface area contributed by atoms with Crippen LogP contribution in [0.1, 0.15) is 11.1 Å². The number of fused-ring (bicyclic) bond motifs is 1. The predicted molar refractivity (Wildman–Crippen MR) is 80.5 cm³/mol. The van der Waals surface area contributed by atoms with Gasteiger partial charge < -0.3 is 5.11 Å². The summed E-state index contributed by atoms with van der Waals surface area (Å²) in [5.41, 5.74) is 4.46. The molecule has 1 heteroatoms. The van der Waals surface area contributed by atoms with Gasteiger partial charge in [-0.2, -0.15) is 0 Å². The Balaban J connectivity index is 2.31. The molecule has 0 radical (unpaired) electrons. The molecule has 0 saturated carbocycles. The molecule has 0 aromatic heterocycles. The van der Waals surface area contributed by atoms with E-state index in [0.717, 1.165) is 21.9 Å². The molecule has 0 aliphatic rings. The van der Waals surface area contributed by atoms with Gasteiger partial charge in [-0.05, 0) is 35.9 Å². The normalized spacial score (nSPS) is 10.8. The quantitative estimate of drug-likeness (QED) is 0.654. The minimum atomic E-state index is 0.367. The summed E-state index contributed by atoms with van der Waals surface area (Å²) in [5, 5.41) is 12.5. The molecule has 1 nitrogen and oxygen atoms in total. The first kappa shape index (κ1) is 11.8. The molecule has 0 aliphatic carbocycles. The molecule has 0 amide bonds. The highest BCUT2D eigenvalue weighted by Crippen LogP contribution is 2.37. The van der Waals surface area contributed by atoms with Gasteiger partial charge in [-0.15, -0.1) is 0 Å². The summed E-state index contributed by atoms with van der Waals surface area (Å²) in [6.45, 7) is 4.19. The maximum absolute atomic E-state index is 10.5. The Bertz CT molecular complexity index is 757. The van der Waals surface area contributed by atoms with Crippen molar-refractivity contribution in [1.29, 1.82) is 0 Å². The van der Waals surface area contributed by atoms with Crippen molar-refractivity contribution >= 4 is 10.8 Å². The predicted octanol–water partition coefficient (Wildman–Crippen LogP) is 4.83. The lowest BCUT2D eigenvalue weighted by Crippen LogP contribution is -1.88. The summed E-state index contributed by atoms with van der Waals surface area (Å²) >= 11 is 0. The second kappa shape index (κ2) is 4.43. The molecule has 0 aliphatic heterocycles. The van der Waals surface area contributed by atoms with Gasteiger partial charge in [-0.3, -0.25) is 0 Å². The molecule has 0 fully saturated rings. The highest BCUT2D eigenvalue weighted by molar-refractivity contribution is 5.95. The summed E-state index contributed by atoms with van der Waals surface area (Å²) < 4.78 is 0. The molecule has 0 spiro atoms. The lowest BCUT2D eigenvalue weighted by molar-refractivity contribution is 0.483. The minimum Gasteiger partial charge on any atom is -0.507 e. The fourth-order valence-corrected chi connectivity index (χ4v) is 2.52. The number of aryl methyl sites for hydroxylation is 1. The van der Waals surface area contributed by atoms with Crippen molar-refractivity contribution in [1.82, 2.24) is 0 Å².